The zero-order chi connectivity index (χ0) is 20.3. The van der Waals surface area contributed by atoms with E-state index in [0.29, 0.717) is 13.0 Å². The summed E-state index contributed by atoms with van der Waals surface area (Å²) in [6.07, 6.45) is 2.40. The fourth-order valence-corrected chi connectivity index (χ4v) is 3.74. The second kappa shape index (κ2) is 11.6. The molecule has 0 aliphatic carbocycles. The van der Waals surface area contributed by atoms with E-state index >= 15 is 0 Å². The quantitative estimate of drug-likeness (QED) is 0.347. The van der Waals surface area contributed by atoms with E-state index in [1.54, 1.807) is 0 Å². The van der Waals surface area contributed by atoms with Crippen LogP contribution in [-0.2, 0) is 13.0 Å². The van der Waals surface area contributed by atoms with Gasteiger partial charge < -0.3 is 15.7 Å². The van der Waals surface area contributed by atoms with Crippen molar-refractivity contribution in [3.05, 3.63) is 71.3 Å². The topological polar surface area (TPSA) is 59.9 Å². The molecule has 3 rings (SSSR count). The molecule has 1 aliphatic heterocycles. The van der Waals surface area contributed by atoms with Crippen LogP contribution in [0.4, 0.5) is 0 Å². The van der Waals surface area contributed by atoms with Crippen molar-refractivity contribution in [3.63, 3.8) is 0 Å². The molecule has 1 atom stereocenters. The molecular weight excluding hydrogens is 360 g/mol. The Morgan fingerprint density at radius 1 is 1.07 bits per heavy atom. The number of benzene rings is 2. The van der Waals surface area contributed by atoms with Gasteiger partial charge in [0.05, 0.1) is 6.10 Å². The summed E-state index contributed by atoms with van der Waals surface area (Å²) in [4.78, 5) is 7.22. The van der Waals surface area contributed by atoms with Gasteiger partial charge in [-0.15, -0.1) is 0 Å². The molecular formula is C24H34N4O. The first-order valence-electron chi connectivity index (χ1n) is 10.8. The molecule has 156 valence electrons. The van der Waals surface area contributed by atoms with E-state index in [0.717, 1.165) is 57.1 Å². The highest BCUT2D eigenvalue weighted by molar-refractivity contribution is 5.79. The van der Waals surface area contributed by atoms with Gasteiger partial charge in [-0.1, -0.05) is 54.6 Å². The Kier molecular flexibility index (Phi) is 8.53. The highest BCUT2D eigenvalue weighted by atomic mass is 16.3. The van der Waals surface area contributed by atoms with Crippen LogP contribution in [0.1, 0.15) is 42.6 Å². The van der Waals surface area contributed by atoms with Crippen molar-refractivity contribution in [2.75, 3.05) is 32.7 Å². The number of rotatable bonds is 9. The summed E-state index contributed by atoms with van der Waals surface area (Å²) in [7, 11) is 0. The molecule has 2 aromatic carbocycles. The van der Waals surface area contributed by atoms with Crippen molar-refractivity contribution in [3.8, 4) is 0 Å². The van der Waals surface area contributed by atoms with E-state index in [2.05, 4.69) is 46.7 Å². The summed E-state index contributed by atoms with van der Waals surface area (Å²) in [6, 6.07) is 18.6. The molecule has 0 radical (unpaired) electrons. The minimum Gasteiger partial charge on any atom is -0.388 e. The lowest BCUT2D eigenvalue weighted by Gasteiger charge is -2.28. The van der Waals surface area contributed by atoms with Gasteiger partial charge in [0.25, 0.3) is 0 Å². The first kappa shape index (κ1) is 21.3. The number of aliphatic hydroxyl groups excluding tert-OH is 1. The molecule has 29 heavy (non-hydrogen) atoms. The largest absolute Gasteiger partial charge is 0.388 e. The molecule has 0 bridgehead atoms. The Hall–Kier alpha value is -2.37. The molecule has 0 fully saturated rings. The van der Waals surface area contributed by atoms with Gasteiger partial charge in [-0.2, -0.15) is 0 Å². The average Bonchev–Trinajstić information content (AvgIpc) is 2.77. The van der Waals surface area contributed by atoms with Gasteiger partial charge in [0.1, 0.15) is 0 Å². The van der Waals surface area contributed by atoms with Crippen LogP contribution in [0.3, 0.4) is 0 Å². The van der Waals surface area contributed by atoms with Gasteiger partial charge in [0, 0.05) is 39.3 Å². The standard InChI is InChI=1S/C24H34N4O/c1-2-25-24(27-16-13-23(29)21-10-4-3-5-11-21)26-15-8-17-28-18-14-20-9-6-7-12-22(20)19-28/h3-7,9-12,23,29H,2,8,13-19H2,1H3,(H2,25,26,27). The maximum absolute atomic E-state index is 10.3. The maximum atomic E-state index is 10.3. The number of hydrogen-bond donors (Lipinski definition) is 3. The molecule has 0 aromatic heterocycles. The Bertz CT molecular complexity index is 762. The number of guanidine groups is 1. The van der Waals surface area contributed by atoms with Crippen LogP contribution in [0.25, 0.3) is 0 Å². The van der Waals surface area contributed by atoms with Crippen LogP contribution in [0, 0.1) is 0 Å². The Labute approximate surface area is 174 Å². The van der Waals surface area contributed by atoms with Gasteiger partial charge in [0.15, 0.2) is 5.96 Å². The van der Waals surface area contributed by atoms with Crippen LogP contribution in [-0.4, -0.2) is 48.7 Å². The van der Waals surface area contributed by atoms with Crippen molar-refractivity contribution in [1.82, 2.24) is 15.5 Å². The third-order valence-corrected chi connectivity index (χ3v) is 5.35. The lowest BCUT2D eigenvalue weighted by atomic mass is 10.00. The number of hydrogen-bond acceptors (Lipinski definition) is 3. The minimum absolute atomic E-state index is 0.450. The minimum atomic E-state index is -0.450. The first-order valence-corrected chi connectivity index (χ1v) is 10.8. The third-order valence-electron chi connectivity index (χ3n) is 5.35. The fraction of sp³-hybridized carbons (Fsp3) is 0.458. The van der Waals surface area contributed by atoms with Crippen molar-refractivity contribution < 1.29 is 5.11 Å². The van der Waals surface area contributed by atoms with Crippen LogP contribution in [0.2, 0.25) is 0 Å². The van der Waals surface area contributed by atoms with Gasteiger partial charge in [0.2, 0.25) is 0 Å². The molecule has 0 saturated heterocycles. The molecule has 2 aromatic rings. The smallest absolute Gasteiger partial charge is 0.191 e. The zero-order valence-corrected chi connectivity index (χ0v) is 17.5. The highest BCUT2D eigenvalue weighted by Gasteiger charge is 2.14. The van der Waals surface area contributed by atoms with E-state index in [4.69, 9.17) is 4.99 Å². The number of nitrogens with one attached hydrogen (secondary N) is 2. The molecule has 1 unspecified atom stereocenters. The van der Waals surface area contributed by atoms with E-state index in [1.807, 2.05) is 30.3 Å². The average molecular weight is 395 g/mol. The summed E-state index contributed by atoms with van der Waals surface area (Å²) in [5.41, 5.74) is 3.92. The number of aliphatic hydroxyl groups is 1. The molecule has 5 nitrogen and oxygen atoms in total. The lowest BCUT2D eigenvalue weighted by Crippen LogP contribution is -2.38. The second-order valence-electron chi connectivity index (χ2n) is 7.55. The molecule has 5 heteroatoms. The molecule has 0 amide bonds. The predicted octanol–water partition coefficient (Wildman–Crippen LogP) is 3.11. The number of nitrogens with zero attached hydrogens (tertiary/aromatic N) is 2. The Morgan fingerprint density at radius 3 is 2.62 bits per heavy atom. The monoisotopic (exact) mass is 394 g/mol. The van der Waals surface area contributed by atoms with Gasteiger partial charge in [-0.05, 0) is 42.9 Å². The Balaban J connectivity index is 1.38. The number of fused-ring (bicyclic) bond motifs is 1. The summed E-state index contributed by atoms with van der Waals surface area (Å²) in [5.74, 6) is 0.830. The number of aliphatic imine (C=N–C) groups is 1. The van der Waals surface area contributed by atoms with Crippen molar-refractivity contribution >= 4 is 5.96 Å². The van der Waals surface area contributed by atoms with Crippen molar-refractivity contribution in [1.29, 1.82) is 0 Å². The lowest BCUT2D eigenvalue weighted by molar-refractivity contribution is 0.168. The second-order valence-corrected chi connectivity index (χ2v) is 7.55. The highest BCUT2D eigenvalue weighted by Crippen LogP contribution is 2.18. The molecule has 3 N–H and O–H groups in total. The van der Waals surface area contributed by atoms with Crippen molar-refractivity contribution in [2.45, 2.75) is 38.8 Å². The van der Waals surface area contributed by atoms with Crippen LogP contribution >= 0.6 is 0 Å². The summed E-state index contributed by atoms with van der Waals surface area (Å²) in [5, 5.41) is 16.9. The third kappa shape index (κ3) is 6.87. The van der Waals surface area contributed by atoms with E-state index in [9.17, 15) is 5.11 Å². The Morgan fingerprint density at radius 2 is 1.83 bits per heavy atom. The van der Waals surface area contributed by atoms with E-state index in [-0.39, 0.29) is 0 Å². The van der Waals surface area contributed by atoms with Crippen LogP contribution in [0.15, 0.2) is 59.6 Å². The van der Waals surface area contributed by atoms with E-state index < -0.39 is 6.10 Å². The molecule has 1 aliphatic rings. The van der Waals surface area contributed by atoms with Crippen molar-refractivity contribution in [2.24, 2.45) is 4.99 Å². The molecule has 1 heterocycles. The SMILES string of the molecule is CCNC(=NCCCN1CCc2ccccc2C1)NCCC(O)c1ccccc1. The molecule has 0 saturated carbocycles. The first-order chi connectivity index (χ1) is 14.3. The van der Waals surface area contributed by atoms with Gasteiger partial charge in [-0.3, -0.25) is 9.89 Å². The fourth-order valence-electron chi connectivity index (χ4n) is 3.74. The van der Waals surface area contributed by atoms with Crippen LogP contribution in [0.5, 0.6) is 0 Å². The predicted molar refractivity (Wildman–Crippen MR) is 120 cm³/mol. The maximum Gasteiger partial charge on any atom is 0.191 e. The van der Waals surface area contributed by atoms with E-state index in [1.165, 1.54) is 11.1 Å². The normalized spacial score (nSPS) is 15.6. The molecule has 0 spiro atoms. The summed E-state index contributed by atoms with van der Waals surface area (Å²) < 4.78 is 0. The van der Waals surface area contributed by atoms with Crippen LogP contribution < -0.4 is 10.6 Å². The van der Waals surface area contributed by atoms with Gasteiger partial charge in [-0.25, -0.2) is 0 Å². The zero-order valence-electron chi connectivity index (χ0n) is 17.5. The summed E-state index contributed by atoms with van der Waals surface area (Å²) in [6.45, 7) is 7.65. The summed E-state index contributed by atoms with van der Waals surface area (Å²) >= 11 is 0. The van der Waals surface area contributed by atoms with Gasteiger partial charge >= 0.3 is 0 Å².